The molecule has 1 atom stereocenters. The molecule has 0 heterocycles. The number of hydrogen-bond acceptors (Lipinski definition) is 2. The quantitative estimate of drug-likeness (QED) is 0.707. The molecule has 1 N–H and O–H groups in total. The normalized spacial score (nSPS) is 12.2. The summed E-state index contributed by atoms with van der Waals surface area (Å²) < 4.78 is 1.12. The van der Waals surface area contributed by atoms with Crippen molar-refractivity contribution < 1.29 is 0 Å². The van der Waals surface area contributed by atoms with Gasteiger partial charge in [-0.3, -0.25) is 0 Å². The van der Waals surface area contributed by atoms with Crippen molar-refractivity contribution in [3.8, 4) is 0 Å². The molecule has 0 aliphatic rings. The van der Waals surface area contributed by atoms with Gasteiger partial charge in [0.2, 0.25) is 0 Å². The molecular weight excluding hydrogens is 300 g/mol. The molecule has 0 radical (unpaired) electrons. The lowest BCUT2D eigenvalue weighted by Crippen LogP contribution is -2.27. The van der Waals surface area contributed by atoms with Crippen molar-refractivity contribution >= 4 is 21.6 Å². The van der Waals surface area contributed by atoms with Gasteiger partial charge in [0.15, 0.2) is 0 Å². The first kappa shape index (κ1) is 16.3. The molecule has 1 aromatic carbocycles. The molecular formula is C16H25BrN2. The third-order valence-corrected chi connectivity index (χ3v) is 3.72. The molecule has 1 aromatic rings. The highest BCUT2D eigenvalue weighted by Crippen LogP contribution is 2.29. The number of halogens is 1. The SMILES string of the molecule is C=CCN(CC)c1cc(Br)ccc1C(C)NCCC. The molecule has 0 aromatic heterocycles. The Bertz CT molecular complexity index is 404. The Morgan fingerprint density at radius 3 is 2.74 bits per heavy atom. The van der Waals surface area contributed by atoms with E-state index in [0.717, 1.165) is 30.5 Å². The molecule has 0 saturated heterocycles. The first-order chi connectivity index (χ1) is 9.13. The van der Waals surface area contributed by atoms with Crippen molar-refractivity contribution in [3.05, 3.63) is 40.9 Å². The van der Waals surface area contributed by atoms with Crippen LogP contribution in [-0.2, 0) is 0 Å². The van der Waals surface area contributed by atoms with Crippen LogP contribution in [0.15, 0.2) is 35.3 Å². The molecule has 0 aliphatic heterocycles. The van der Waals surface area contributed by atoms with E-state index >= 15 is 0 Å². The van der Waals surface area contributed by atoms with Crippen LogP contribution in [0.5, 0.6) is 0 Å². The second kappa shape index (κ2) is 8.39. The third kappa shape index (κ3) is 4.66. The van der Waals surface area contributed by atoms with Gasteiger partial charge in [-0.1, -0.05) is 35.0 Å². The molecule has 3 heteroatoms. The molecule has 1 rings (SSSR count). The molecule has 0 aliphatic carbocycles. The van der Waals surface area contributed by atoms with E-state index in [4.69, 9.17) is 0 Å². The summed E-state index contributed by atoms with van der Waals surface area (Å²) in [7, 11) is 0. The fourth-order valence-electron chi connectivity index (χ4n) is 2.18. The van der Waals surface area contributed by atoms with E-state index < -0.39 is 0 Å². The topological polar surface area (TPSA) is 15.3 Å². The van der Waals surface area contributed by atoms with Crippen molar-refractivity contribution in [1.29, 1.82) is 0 Å². The molecule has 1 unspecified atom stereocenters. The Morgan fingerprint density at radius 1 is 1.42 bits per heavy atom. The van der Waals surface area contributed by atoms with Crippen LogP contribution in [-0.4, -0.2) is 19.6 Å². The minimum atomic E-state index is 0.363. The second-order valence-electron chi connectivity index (χ2n) is 4.71. The minimum Gasteiger partial charge on any atom is -0.368 e. The van der Waals surface area contributed by atoms with E-state index in [9.17, 15) is 0 Å². The van der Waals surface area contributed by atoms with Gasteiger partial charge < -0.3 is 10.2 Å². The maximum absolute atomic E-state index is 3.85. The Kier molecular flexibility index (Phi) is 7.17. The fraction of sp³-hybridized carbons (Fsp3) is 0.500. The van der Waals surface area contributed by atoms with E-state index in [1.165, 1.54) is 11.3 Å². The standard InChI is InChI=1S/C16H25BrN2/c1-5-10-18-13(4)15-9-8-14(17)12-16(15)19(7-3)11-6-2/h6,8-9,12-13,18H,2,5,7,10-11H2,1,3-4H3. The summed E-state index contributed by atoms with van der Waals surface area (Å²) in [5, 5.41) is 3.56. The van der Waals surface area contributed by atoms with E-state index in [2.05, 4.69) is 71.7 Å². The molecule has 0 fully saturated rings. The third-order valence-electron chi connectivity index (χ3n) is 3.23. The predicted molar refractivity (Wildman–Crippen MR) is 88.9 cm³/mol. The van der Waals surface area contributed by atoms with Gasteiger partial charge in [-0.25, -0.2) is 0 Å². The van der Waals surface area contributed by atoms with Crippen LogP contribution >= 0.6 is 15.9 Å². The smallest absolute Gasteiger partial charge is 0.0428 e. The van der Waals surface area contributed by atoms with E-state index in [-0.39, 0.29) is 0 Å². The van der Waals surface area contributed by atoms with Gasteiger partial charge in [0.25, 0.3) is 0 Å². The summed E-state index contributed by atoms with van der Waals surface area (Å²) in [6.07, 6.45) is 3.11. The zero-order valence-corrected chi connectivity index (χ0v) is 13.8. The van der Waals surface area contributed by atoms with Gasteiger partial charge in [-0.05, 0) is 44.5 Å². The molecule has 0 saturated carbocycles. The van der Waals surface area contributed by atoms with Gasteiger partial charge in [-0.2, -0.15) is 0 Å². The van der Waals surface area contributed by atoms with Crippen LogP contribution in [0.25, 0.3) is 0 Å². The maximum Gasteiger partial charge on any atom is 0.0428 e. The molecule has 0 bridgehead atoms. The van der Waals surface area contributed by atoms with Crippen molar-refractivity contribution in [3.63, 3.8) is 0 Å². The van der Waals surface area contributed by atoms with Crippen molar-refractivity contribution in [2.24, 2.45) is 0 Å². The number of anilines is 1. The summed E-state index contributed by atoms with van der Waals surface area (Å²) in [4.78, 5) is 2.34. The Balaban J connectivity index is 3.05. The number of rotatable bonds is 8. The molecule has 0 amide bonds. The van der Waals surface area contributed by atoms with Gasteiger partial charge in [0.1, 0.15) is 0 Å². The van der Waals surface area contributed by atoms with Gasteiger partial charge in [0, 0.05) is 29.3 Å². The number of likely N-dealkylation sites (N-methyl/N-ethyl adjacent to an activating group) is 1. The monoisotopic (exact) mass is 324 g/mol. The lowest BCUT2D eigenvalue weighted by molar-refractivity contribution is 0.569. The van der Waals surface area contributed by atoms with E-state index in [0.29, 0.717) is 6.04 Å². The first-order valence-corrected chi connectivity index (χ1v) is 7.82. The molecule has 19 heavy (non-hydrogen) atoms. The van der Waals surface area contributed by atoms with E-state index in [1.807, 2.05) is 6.08 Å². The summed E-state index contributed by atoms with van der Waals surface area (Å²) in [6.45, 7) is 13.4. The highest BCUT2D eigenvalue weighted by molar-refractivity contribution is 9.10. The lowest BCUT2D eigenvalue weighted by Gasteiger charge is -2.27. The molecule has 106 valence electrons. The highest BCUT2D eigenvalue weighted by atomic mass is 79.9. The fourth-order valence-corrected chi connectivity index (χ4v) is 2.53. The highest BCUT2D eigenvalue weighted by Gasteiger charge is 2.14. The Morgan fingerprint density at radius 2 is 2.16 bits per heavy atom. The number of hydrogen-bond donors (Lipinski definition) is 1. The van der Waals surface area contributed by atoms with Gasteiger partial charge >= 0.3 is 0 Å². The average Bonchev–Trinajstić information content (AvgIpc) is 2.42. The van der Waals surface area contributed by atoms with Gasteiger partial charge in [0.05, 0.1) is 0 Å². The summed E-state index contributed by atoms with van der Waals surface area (Å²) >= 11 is 3.57. The van der Waals surface area contributed by atoms with Crippen LogP contribution in [0, 0.1) is 0 Å². The number of benzene rings is 1. The number of nitrogens with zero attached hydrogens (tertiary/aromatic N) is 1. The Labute approximate surface area is 126 Å². The predicted octanol–water partition coefficient (Wildman–Crippen LogP) is 4.52. The maximum atomic E-state index is 3.85. The van der Waals surface area contributed by atoms with Crippen molar-refractivity contribution in [2.45, 2.75) is 33.2 Å². The largest absolute Gasteiger partial charge is 0.368 e. The zero-order valence-electron chi connectivity index (χ0n) is 12.2. The Hall–Kier alpha value is -0.800. The van der Waals surface area contributed by atoms with Crippen LogP contribution in [0.1, 0.15) is 38.8 Å². The lowest BCUT2D eigenvalue weighted by atomic mass is 10.0. The van der Waals surface area contributed by atoms with E-state index in [1.54, 1.807) is 0 Å². The summed E-state index contributed by atoms with van der Waals surface area (Å²) in [5.41, 5.74) is 2.63. The molecule has 0 spiro atoms. The first-order valence-electron chi connectivity index (χ1n) is 7.02. The summed E-state index contributed by atoms with van der Waals surface area (Å²) in [5.74, 6) is 0. The zero-order chi connectivity index (χ0) is 14.3. The second-order valence-corrected chi connectivity index (χ2v) is 5.62. The summed E-state index contributed by atoms with van der Waals surface area (Å²) in [6, 6.07) is 6.89. The van der Waals surface area contributed by atoms with Crippen molar-refractivity contribution in [1.82, 2.24) is 5.32 Å². The average molecular weight is 325 g/mol. The van der Waals surface area contributed by atoms with Crippen LogP contribution in [0.3, 0.4) is 0 Å². The van der Waals surface area contributed by atoms with Gasteiger partial charge in [-0.15, -0.1) is 6.58 Å². The molecule has 2 nitrogen and oxygen atoms in total. The minimum absolute atomic E-state index is 0.363. The van der Waals surface area contributed by atoms with Crippen LogP contribution in [0.4, 0.5) is 5.69 Å². The van der Waals surface area contributed by atoms with Crippen LogP contribution in [0.2, 0.25) is 0 Å². The number of nitrogens with one attached hydrogen (secondary N) is 1. The van der Waals surface area contributed by atoms with Crippen LogP contribution < -0.4 is 10.2 Å². The van der Waals surface area contributed by atoms with Crippen molar-refractivity contribution in [2.75, 3.05) is 24.5 Å².